The minimum Gasteiger partial charge on any atom is -0.406 e. The Balaban J connectivity index is 1.49. The molecule has 0 saturated carbocycles. The second-order valence-electron chi connectivity index (χ2n) is 5.78. The van der Waals surface area contributed by atoms with Crippen LogP contribution in [-0.2, 0) is 0 Å². The fraction of sp³-hybridized carbons (Fsp3) is 0.0556. The molecule has 2 aromatic rings. The van der Waals surface area contributed by atoms with Crippen LogP contribution in [0.15, 0.2) is 77.3 Å². The summed E-state index contributed by atoms with van der Waals surface area (Å²) in [4.78, 5) is 4.13. The largest absolute Gasteiger partial charge is 0.573 e. The van der Waals surface area contributed by atoms with E-state index in [1.807, 2.05) is 0 Å². The summed E-state index contributed by atoms with van der Waals surface area (Å²) in [6, 6.07) is 11.5. The van der Waals surface area contributed by atoms with Crippen molar-refractivity contribution >= 4 is 17.7 Å². The van der Waals surface area contributed by atoms with Crippen LogP contribution in [0.5, 0.6) is 5.75 Å². The standard InChI is InChI=1S/C18H13F4N5O/c19-14-3-1-2-4-15(14)27-17-9-23-11-26(16(17)10-24-27)25-12-5-7-13(8-6-12)28-18(20,21)22/h1-11,24-25H. The van der Waals surface area contributed by atoms with Crippen molar-refractivity contribution in [1.82, 2.24) is 10.4 Å². The molecule has 144 valence electrons. The Morgan fingerprint density at radius 1 is 1.00 bits per heavy atom. The highest BCUT2D eigenvalue weighted by molar-refractivity contribution is 5.71. The fourth-order valence-corrected chi connectivity index (χ4v) is 2.73. The molecule has 0 amide bonds. The van der Waals surface area contributed by atoms with Gasteiger partial charge in [0.15, 0.2) is 0 Å². The second-order valence-corrected chi connectivity index (χ2v) is 5.78. The number of halogens is 4. The average molecular weight is 391 g/mol. The minimum absolute atomic E-state index is 0.321. The summed E-state index contributed by atoms with van der Waals surface area (Å²) in [7, 11) is 0. The number of anilines is 2. The van der Waals surface area contributed by atoms with E-state index in [9.17, 15) is 17.6 Å². The molecule has 0 bridgehead atoms. The Bertz CT molecular complexity index is 969. The number of nitrogens with zero attached hydrogens (tertiary/aromatic N) is 3. The summed E-state index contributed by atoms with van der Waals surface area (Å²) in [5.41, 5.74) is 8.04. The number of aliphatic imine (C=N–C) groups is 1. The van der Waals surface area contributed by atoms with Crippen molar-refractivity contribution in [2.45, 2.75) is 6.36 Å². The fourth-order valence-electron chi connectivity index (χ4n) is 2.73. The highest BCUT2D eigenvalue weighted by Crippen LogP contribution is 2.32. The molecule has 0 spiro atoms. The maximum atomic E-state index is 14.1. The number of nitrogens with one attached hydrogen (secondary N) is 2. The smallest absolute Gasteiger partial charge is 0.406 e. The third-order valence-corrected chi connectivity index (χ3v) is 3.90. The molecule has 2 aliphatic heterocycles. The summed E-state index contributed by atoms with van der Waals surface area (Å²) < 4.78 is 54.7. The Morgan fingerprint density at radius 2 is 1.75 bits per heavy atom. The molecular weight excluding hydrogens is 378 g/mol. The van der Waals surface area contributed by atoms with Crippen LogP contribution in [0.25, 0.3) is 0 Å². The number of hydrogen-bond acceptors (Lipinski definition) is 6. The second kappa shape index (κ2) is 6.80. The van der Waals surface area contributed by atoms with E-state index in [2.05, 4.69) is 20.6 Å². The van der Waals surface area contributed by atoms with Gasteiger partial charge in [0.05, 0.1) is 17.6 Å². The number of benzene rings is 2. The molecule has 2 heterocycles. The van der Waals surface area contributed by atoms with E-state index in [1.54, 1.807) is 35.6 Å². The van der Waals surface area contributed by atoms with Crippen molar-refractivity contribution in [3.05, 3.63) is 78.1 Å². The van der Waals surface area contributed by atoms with Gasteiger partial charge in [-0.05, 0) is 36.4 Å². The van der Waals surface area contributed by atoms with Gasteiger partial charge in [-0.15, -0.1) is 13.2 Å². The summed E-state index contributed by atoms with van der Waals surface area (Å²) in [5, 5.41) is 3.10. The summed E-state index contributed by atoms with van der Waals surface area (Å²) in [5.74, 6) is -0.724. The molecular formula is C18H13F4N5O. The third kappa shape index (κ3) is 3.56. The number of alkyl halides is 3. The first-order chi connectivity index (χ1) is 13.4. The van der Waals surface area contributed by atoms with Gasteiger partial charge in [0, 0.05) is 6.20 Å². The number of hydrogen-bond donors (Lipinski definition) is 2. The molecule has 4 rings (SSSR count). The van der Waals surface area contributed by atoms with Crippen LogP contribution in [-0.4, -0.2) is 17.7 Å². The van der Waals surface area contributed by atoms with Crippen LogP contribution in [0.1, 0.15) is 0 Å². The zero-order chi connectivity index (χ0) is 19.7. The number of hydrazine groups is 2. The topological polar surface area (TPSA) is 52.1 Å². The van der Waals surface area contributed by atoms with Gasteiger partial charge >= 0.3 is 6.36 Å². The van der Waals surface area contributed by atoms with E-state index in [4.69, 9.17) is 0 Å². The molecule has 0 saturated heterocycles. The lowest BCUT2D eigenvalue weighted by molar-refractivity contribution is -0.274. The van der Waals surface area contributed by atoms with Crippen molar-refractivity contribution in [3.8, 4) is 5.75 Å². The van der Waals surface area contributed by atoms with Gasteiger partial charge in [-0.3, -0.25) is 10.9 Å². The SMILES string of the molecule is Fc1ccccc1N1NC=C2C1=CN=CN2Nc1ccc(OC(F)(F)F)cc1. The van der Waals surface area contributed by atoms with Crippen molar-refractivity contribution in [2.24, 2.45) is 4.99 Å². The van der Waals surface area contributed by atoms with Crippen LogP contribution >= 0.6 is 0 Å². The van der Waals surface area contributed by atoms with E-state index in [-0.39, 0.29) is 5.75 Å². The maximum Gasteiger partial charge on any atom is 0.573 e. The maximum absolute atomic E-state index is 14.1. The monoisotopic (exact) mass is 391 g/mol. The van der Waals surface area contributed by atoms with Crippen molar-refractivity contribution in [3.63, 3.8) is 0 Å². The molecule has 0 radical (unpaired) electrons. The summed E-state index contributed by atoms with van der Waals surface area (Å²) in [6.45, 7) is 0. The molecule has 10 heteroatoms. The number of para-hydroxylation sites is 1. The van der Waals surface area contributed by atoms with E-state index in [1.165, 1.54) is 41.7 Å². The van der Waals surface area contributed by atoms with Gasteiger partial charge in [0.2, 0.25) is 0 Å². The summed E-state index contributed by atoms with van der Waals surface area (Å²) >= 11 is 0. The van der Waals surface area contributed by atoms with Gasteiger partial charge in [0.1, 0.15) is 29.3 Å². The highest BCUT2D eigenvalue weighted by Gasteiger charge is 2.31. The molecule has 6 nitrogen and oxygen atoms in total. The Kier molecular flexibility index (Phi) is 4.30. The summed E-state index contributed by atoms with van der Waals surface area (Å²) in [6.07, 6.45) is -0.0407. The van der Waals surface area contributed by atoms with Crippen LogP contribution in [0.2, 0.25) is 0 Å². The van der Waals surface area contributed by atoms with E-state index in [0.717, 1.165) is 0 Å². The zero-order valence-corrected chi connectivity index (χ0v) is 14.1. The van der Waals surface area contributed by atoms with Gasteiger partial charge in [-0.1, -0.05) is 12.1 Å². The Hall–Kier alpha value is -3.69. The van der Waals surface area contributed by atoms with E-state index in [0.29, 0.717) is 22.8 Å². The zero-order valence-electron chi connectivity index (χ0n) is 14.1. The lowest BCUT2D eigenvalue weighted by Gasteiger charge is -2.28. The first kappa shape index (κ1) is 17.7. The molecule has 0 fully saturated rings. The predicted molar refractivity (Wildman–Crippen MR) is 95.3 cm³/mol. The molecule has 0 atom stereocenters. The number of rotatable bonds is 4. The molecule has 0 unspecified atom stereocenters. The van der Waals surface area contributed by atoms with Crippen molar-refractivity contribution < 1.29 is 22.3 Å². The van der Waals surface area contributed by atoms with Gasteiger partial charge < -0.3 is 4.74 Å². The minimum atomic E-state index is -4.75. The molecule has 2 N–H and O–H groups in total. The van der Waals surface area contributed by atoms with Gasteiger partial charge in [-0.2, -0.15) is 0 Å². The van der Waals surface area contributed by atoms with Crippen LogP contribution in [0.4, 0.5) is 28.9 Å². The quantitative estimate of drug-likeness (QED) is 0.769. The predicted octanol–water partition coefficient (Wildman–Crippen LogP) is 4.10. The molecule has 2 aliphatic rings. The van der Waals surface area contributed by atoms with Gasteiger partial charge in [0.25, 0.3) is 0 Å². The van der Waals surface area contributed by atoms with E-state index >= 15 is 0 Å². The lowest BCUT2D eigenvalue weighted by atomic mass is 10.2. The first-order valence-electron chi connectivity index (χ1n) is 8.07. The van der Waals surface area contributed by atoms with Crippen LogP contribution in [0.3, 0.4) is 0 Å². The van der Waals surface area contributed by atoms with Crippen LogP contribution < -0.4 is 20.6 Å². The van der Waals surface area contributed by atoms with Crippen molar-refractivity contribution in [1.29, 1.82) is 0 Å². The normalized spacial score (nSPS) is 15.6. The van der Waals surface area contributed by atoms with Gasteiger partial charge in [-0.25, -0.2) is 19.4 Å². The Morgan fingerprint density at radius 3 is 2.46 bits per heavy atom. The van der Waals surface area contributed by atoms with Crippen LogP contribution in [0, 0.1) is 5.82 Å². The molecule has 28 heavy (non-hydrogen) atoms. The Labute approximate surface area is 157 Å². The number of fused-ring (bicyclic) bond motifs is 1. The molecule has 2 aromatic carbocycles. The lowest BCUT2D eigenvalue weighted by Crippen LogP contribution is -2.34. The number of ether oxygens (including phenoxy) is 1. The molecule has 0 aromatic heterocycles. The van der Waals surface area contributed by atoms with E-state index < -0.39 is 12.2 Å². The highest BCUT2D eigenvalue weighted by atomic mass is 19.4. The first-order valence-corrected chi connectivity index (χ1v) is 8.07. The van der Waals surface area contributed by atoms with Crippen molar-refractivity contribution in [2.75, 3.05) is 10.4 Å². The average Bonchev–Trinajstić information content (AvgIpc) is 3.07. The molecule has 0 aliphatic carbocycles. The third-order valence-electron chi connectivity index (χ3n) is 3.90.